The summed E-state index contributed by atoms with van der Waals surface area (Å²) in [4.78, 5) is 9.84. The van der Waals surface area contributed by atoms with E-state index in [-0.39, 0.29) is 5.41 Å². The van der Waals surface area contributed by atoms with Crippen molar-refractivity contribution in [2.75, 3.05) is 19.8 Å². The summed E-state index contributed by atoms with van der Waals surface area (Å²) in [5.74, 6) is 0. The molecule has 0 N–H and O–H groups in total. The van der Waals surface area contributed by atoms with Crippen molar-refractivity contribution in [3.63, 3.8) is 0 Å². The smallest absolute Gasteiger partial charge is 0.293 e. The predicted molar refractivity (Wildman–Crippen MR) is 35.6 cm³/mol. The minimum atomic E-state index is 0.140. The molecule has 0 spiro atoms. The molecule has 0 unspecified atom stereocenters. The lowest BCUT2D eigenvalue weighted by Gasteiger charge is -2.39. The molecular weight excluding hydrogens is 132 g/mol. The van der Waals surface area contributed by atoms with Gasteiger partial charge in [-0.05, 0) is 6.42 Å². The fourth-order valence-corrected chi connectivity index (χ4v) is 0.991. The van der Waals surface area contributed by atoms with Crippen molar-refractivity contribution >= 4 is 6.47 Å². The Bertz CT molecular complexity index is 113. The first-order valence-electron chi connectivity index (χ1n) is 3.46. The molecule has 1 aliphatic rings. The van der Waals surface area contributed by atoms with E-state index in [1.165, 1.54) is 0 Å². The first kappa shape index (κ1) is 7.54. The second kappa shape index (κ2) is 3.01. The fourth-order valence-electron chi connectivity index (χ4n) is 0.991. The van der Waals surface area contributed by atoms with E-state index in [0.717, 1.165) is 19.6 Å². The Labute approximate surface area is 60.3 Å². The topological polar surface area (TPSA) is 35.5 Å². The van der Waals surface area contributed by atoms with Crippen LogP contribution in [0.2, 0.25) is 0 Å². The van der Waals surface area contributed by atoms with Gasteiger partial charge in [0.2, 0.25) is 0 Å². The molecular formula is C7H12O3. The van der Waals surface area contributed by atoms with E-state index in [2.05, 4.69) is 11.7 Å². The van der Waals surface area contributed by atoms with Crippen LogP contribution in [0.5, 0.6) is 0 Å². The second-order valence-corrected chi connectivity index (χ2v) is 2.75. The highest BCUT2D eigenvalue weighted by Crippen LogP contribution is 2.30. The van der Waals surface area contributed by atoms with E-state index in [4.69, 9.17) is 4.74 Å². The quantitative estimate of drug-likeness (QED) is 0.541. The van der Waals surface area contributed by atoms with Crippen molar-refractivity contribution < 1.29 is 14.3 Å². The largest absolute Gasteiger partial charge is 0.467 e. The summed E-state index contributed by atoms with van der Waals surface area (Å²) in [7, 11) is 0. The highest BCUT2D eigenvalue weighted by Gasteiger charge is 2.37. The summed E-state index contributed by atoms with van der Waals surface area (Å²) in [6.07, 6.45) is 1.01. The molecule has 3 nitrogen and oxygen atoms in total. The zero-order chi connectivity index (χ0) is 7.45. The van der Waals surface area contributed by atoms with Crippen molar-refractivity contribution in [2.45, 2.75) is 13.3 Å². The number of hydrogen-bond donors (Lipinski definition) is 0. The Morgan fingerprint density at radius 3 is 2.70 bits per heavy atom. The first-order chi connectivity index (χ1) is 4.83. The lowest BCUT2D eigenvalue weighted by molar-refractivity contribution is -0.160. The molecule has 0 aromatic heterocycles. The monoisotopic (exact) mass is 144 g/mol. The molecule has 0 aliphatic carbocycles. The summed E-state index contributed by atoms with van der Waals surface area (Å²) in [5.41, 5.74) is 0.140. The van der Waals surface area contributed by atoms with Crippen LogP contribution in [0.25, 0.3) is 0 Å². The van der Waals surface area contributed by atoms with Gasteiger partial charge < -0.3 is 9.47 Å². The lowest BCUT2D eigenvalue weighted by Crippen LogP contribution is -2.45. The van der Waals surface area contributed by atoms with E-state index in [0.29, 0.717) is 13.1 Å². The third-order valence-electron chi connectivity index (χ3n) is 2.02. The molecule has 3 heteroatoms. The maximum atomic E-state index is 9.84. The number of ether oxygens (including phenoxy) is 2. The van der Waals surface area contributed by atoms with Crippen molar-refractivity contribution in [3.05, 3.63) is 0 Å². The zero-order valence-electron chi connectivity index (χ0n) is 6.13. The molecule has 0 radical (unpaired) electrons. The second-order valence-electron chi connectivity index (χ2n) is 2.75. The van der Waals surface area contributed by atoms with Gasteiger partial charge in [0.15, 0.2) is 0 Å². The molecule has 1 rings (SSSR count). The van der Waals surface area contributed by atoms with Gasteiger partial charge in [-0.1, -0.05) is 6.92 Å². The Hall–Kier alpha value is -0.570. The van der Waals surface area contributed by atoms with Crippen LogP contribution in [0.4, 0.5) is 0 Å². The molecule has 1 aliphatic heterocycles. The summed E-state index contributed by atoms with van der Waals surface area (Å²) >= 11 is 0. The standard InChI is InChI=1S/C7H12O3/c1-2-7(3-9-4-7)5-10-6-8/h6H,2-5H2,1H3. The number of carbonyl (C=O) groups is 1. The van der Waals surface area contributed by atoms with Gasteiger partial charge in [0.25, 0.3) is 6.47 Å². The molecule has 0 aromatic rings. The van der Waals surface area contributed by atoms with E-state index in [9.17, 15) is 4.79 Å². The Morgan fingerprint density at radius 2 is 2.40 bits per heavy atom. The molecule has 58 valence electrons. The average molecular weight is 144 g/mol. The SMILES string of the molecule is CCC1(COC=O)COC1. The van der Waals surface area contributed by atoms with Crippen LogP contribution in [0.15, 0.2) is 0 Å². The minimum Gasteiger partial charge on any atom is -0.467 e. The van der Waals surface area contributed by atoms with Crippen LogP contribution < -0.4 is 0 Å². The summed E-state index contributed by atoms with van der Waals surface area (Å²) in [6, 6.07) is 0. The third kappa shape index (κ3) is 1.29. The highest BCUT2D eigenvalue weighted by atomic mass is 16.5. The summed E-state index contributed by atoms with van der Waals surface area (Å²) < 4.78 is 9.70. The maximum absolute atomic E-state index is 9.84. The van der Waals surface area contributed by atoms with Gasteiger partial charge in [0.05, 0.1) is 18.6 Å². The third-order valence-corrected chi connectivity index (χ3v) is 2.02. The lowest BCUT2D eigenvalue weighted by atomic mass is 9.84. The molecule has 0 amide bonds. The molecule has 0 atom stereocenters. The van der Waals surface area contributed by atoms with E-state index in [1.54, 1.807) is 0 Å². The van der Waals surface area contributed by atoms with Crippen LogP contribution >= 0.6 is 0 Å². The molecule has 0 saturated carbocycles. The van der Waals surface area contributed by atoms with E-state index in [1.807, 2.05) is 0 Å². The van der Waals surface area contributed by atoms with E-state index >= 15 is 0 Å². The molecule has 10 heavy (non-hydrogen) atoms. The molecule has 0 bridgehead atoms. The van der Waals surface area contributed by atoms with Crippen molar-refractivity contribution in [1.82, 2.24) is 0 Å². The zero-order valence-corrected chi connectivity index (χ0v) is 6.13. The van der Waals surface area contributed by atoms with Gasteiger partial charge in [0.1, 0.15) is 6.61 Å². The predicted octanol–water partition coefficient (Wildman–Crippen LogP) is 0.586. The van der Waals surface area contributed by atoms with Gasteiger partial charge in [0, 0.05) is 0 Å². The maximum Gasteiger partial charge on any atom is 0.293 e. The number of hydrogen-bond acceptors (Lipinski definition) is 3. The summed E-state index contributed by atoms with van der Waals surface area (Å²) in [5, 5.41) is 0. The van der Waals surface area contributed by atoms with Crippen molar-refractivity contribution in [3.8, 4) is 0 Å². The fraction of sp³-hybridized carbons (Fsp3) is 0.857. The van der Waals surface area contributed by atoms with Gasteiger partial charge in [-0.25, -0.2) is 0 Å². The minimum absolute atomic E-state index is 0.140. The Kier molecular flexibility index (Phi) is 2.27. The summed E-state index contributed by atoms with van der Waals surface area (Å²) in [6.45, 7) is 4.55. The van der Waals surface area contributed by atoms with Crippen LogP contribution in [0, 0.1) is 5.41 Å². The Balaban J connectivity index is 2.26. The van der Waals surface area contributed by atoms with Crippen molar-refractivity contribution in [1.29, 1.82) is 0 Å². The van der Waals surface area contributed by atoms with Crippen molar-refractivity contribution in [2.24, 2.45) is 5.41 Å². The molecule has 1 fully saturated rings. The van der Waals surface area contributed by atoms with Crippen LogP contribution in [0.3, 0.4) is 0 Å². The normalized spacial score (nSPS) is 21.3. The van der Waals surface area contributed by atoms with Gasteiger partial charge >= 0.3 is 0 Å². The van der Waals surface area contributed by atoms with Gasteiger partial charge in [-0.15, -0.1) is 0 Å². The number of rotatable bonds is 4. The first-order valence-corrected chi connectivity index (χ1v) is 3.46. The average Bonchev–Trinajstić information content (AvgIpc) is 1.87. The molecule has 1 saturated heterocycles. The van der Waals surface area contributed by atoms with Crippen LogP contribution in [-0.2, 0) is 14.3 Å². The molecule has 1 heterocycles. The van der Waals surface area contributed by atoms with Crippen LogP contribution in [0.1, 0.15) is 13.3 Å². The molecule has 0 aromatic carbocycles. The van der Waals surface area contributed by atoms with Crippen LogP contribution in [-0.4, -0.2) is 26.3 Å². The van der Waals surface area contributed by atoms with Gasteiger partial charge in [-0.2, -0.15) is 0 Å². The number of carbonyl (C=O) groups excluding carboxylic acids is 1. The highest BCUT2D eigenvalue weighted by molar-refractivity contribution is 5.37. The van der Waals surface area contributed by atoms with Gasteiger partial charge in [-0.3, -0.25) is 4.79 Å². The van der Waals surface area contributed by atoms with E-state index < -0.39 is 0 Å². The Morgan fingerprint density at radius 1 is 1.70 bits per heavy atom.